The zero-order valence-corrected chi connectivity index (χ0v) is 4.88. The molecular formula is C4H4N2OS. The maximum Gasteiger partial charge on any atom is 0.275 e. The maximum atomic E-state index is 10.3. The molecule has 0 aromatic carbocycles. The average molecular weight is 128 g/mol. The Labute approximate surface area is 52.0 Å². The summed E-state index contributed by atoms with van der Waals surface area (Å²) in [6.45, 7) is 0. The lowest BCUT2D eigenvalue weighted by Gasteiger charge is -1.90. The summed E-state index contributed by atoms with van der Waals surface area (Å²) >= 11 is 3.79. The molecule has 42 valence electrons. The molecule has 0 N–H and O–H groups in total. The predicted molar refractivity (Wildman–Crippen MR) is 30.4 cm³/mol. The Kier molecular flexibility index (Phi) is 1.34. The normalized spacial score (nSPS) is 9.12. The highest BCUT2D eigenvalue weighted by Gasteiger charge is 1.93. The van der Waals surface area contributed by atoms with Crippen LogP contribution in [0.2, 0.25) is 0 Å². The molecule has 1 heterocycles. The van der Waals surface area contributed by atoms with Crippen molar-refractivity contribution in [1.82, 2.24) is 5.10 Å². The van der Waals surface area contributed by atoms with Crippen molar-refractivity contribution in [3.63, 3.8) is 0 Å². The van der Waals surface area contributed by atoms with Gasteiger partial charge in [-0.25, -0.2) is 0 Å². The molecule has 0 amide bonds. The molecule has 8 heavy (non-hydrogen) atoms. The van der Waals surface area contributed by atoms with Gasteiger partial charge in [-0.1, -0.05) is 12.6 Å². The van der Waals surface area contributed by atoms with Crippen LogP contribution in [0.15, 0.2) is 23.4 Å². The third kappa shape index (κ3) is 0.894. The van der Waals surface area contributed by atoms with Crippen LogP contribution in [-0.4, -0.2) is 5.10 Å². The van der Waals surface area contributed by atoms with Gasteiger partial charge < -0.3 is 5.21 Å². The van der Waals surface area contributed by atoms with Crippen LogP contribution in [0.1, 0.15) is 0 Å². The second-order valence-electron chi connectivity index (χ2n) is 1.25. The first kappa shape index (κ1) is 5.37. The topological polar surface area (TPSA) is 39.8 Å². The molecule has 0 saturated heterocycles. The highest BCUT2D eigenvalue weighted by molar-refractivity contribution is 7.80. The minimum Gasteiger partial charge on any atom is -0.593 e. The highest BCUT2D eigenvalue weighted by Crippen LogP contribution is 1.91. The maximum absolute atomic E-state index is 10.3. The van der Waals surface area contributed by atoms with Gasteiger partial charge in [0.25, 0.3) is 5.03 Å². The highest BCUT2D eigenvalue weighted by atomic mass is 32.1. The Hall–Kier alpha value is -0.770. The van der Waals surface area contributed by atoms with Crippen LogP contribution in [0.3, 0.4) is 0 Å². The van der Waals surface area contributed by atoms with Crippen LogP contribution in [0.5, 0.6) is 0 Å². The lowest BCUT2D eigenvalue weighted by atomic mass is 10.6. The van der Waals surface area contributed by atoms with Gasteiger partial charge in [0, 0.05) is 11.2 Å². The van der Waals surface area contributed by atoms with E-state index < -0.39 is 0 Å². The fraction of sp³-hybridized carbons (Fsp3) is 0. The second-order valence-corrected chi connectivity index (χ2v) is 1.71. The fourth-order valence-corrected chi connectivity index (χ4v) is 0.489. The van der Waals surface area contributed by atoms with Gasteiger partial charge in [0.15, 0.2) is 0 Å². The quantitative estimate of drug-likeness (QED) is 0.303. The molecule has 0 unspecified atom stereocenters. The van der Waals surface area contributed by atoms with Crippen LogP contribution < -0.4 is 4.85 Å². The number of thiol groups is 1. The zero-order chi connectivity index (χ0) is 5.98. The first-order valence-electron chi connectivity index (χ1n) is 2.04. The molecule has 0 atom stereocenters. The Morgan fingerprint density at radius 2 is 2.50 bits per heavy atom. The van der Waals surface area contributed by atoms with E-state index in [-0.39, 0.29) is 0 Å². The summed E-state index contributed by atoms with van der Waals surface area (Å²) in [5, 5.41) is 14.0. The largest absolute Gasteiger partial charge is 0.593 e. The smallest absolute Gasteiger partial charge is 0.275 e. The van der Waals surface area contributed by atoms with Gasteiger partial charge in [-0.05, 0) is 10.9 Å². The molecule has 0 saturated carbocycles. The van der Waals surface area contributed by atoms with Gasteiger partial charge in [0.2, 0.25) is 0 Å². The van der Waals surface area contributed by atoms with Gasteiger partial charge in [-0.2, -0.15) is 0 Å². The summed E-state index contributed by atoms with van der Waals surface area (Å²) in [6, 6.07) is 3.22. The molecule has 4 heteroatoms. The second kappa shape index (κ2) is 2.00. The Morgan fingerprint density at radius 3 is 2.88 bits per heavy atom. The Bertz CT molecular complexity index is 170. The van der Waals surface area contributed by atoms with E-state index in [9.17, 15) is 5.21 Å². The predicted octanol–water partition coefficient (Wildman–Crippen LogP) is 0.00370. The fourth-order valence-electron chi connectivity index (χ4n) is 0.351. The van der Waals surface area contributed by atoms with Crippen LogP contribution in [0, 0.1) is 5.21 Å². The van der Waals surface area contributed by atoms with Gasteiger partial charge in [-0.3, -0.25) is 0 Å². The van der Waals surface area contributed by atoms with Crippen LogP contribution in [0.4, 0.5) is 0 Å². The first-order valence-corrected chi connectivity index (χ1v) is 2.49. The standard InChI is InChI=1S/C4H4N2OS/c7-6-4(8)2-1-3-5-6/h1-3,8H. The molecular weight excluding hydrogens is 124 g/mol. The SMILES string of the molecule is [O-][n+]1ncccc1S. The van der Waals surface area contributed by atoms with Gasteiger partial charge in [0.05, 0.1) is 6.20 Å². The lowest BCUT2D eigenvalue weighted by Crippen LogP contribution is -2.31. The third-order valence-electron chi connectivity index (χ3n) is 0.699. The molecule has 0 radical (unpaired) electrons. The van der Waals surface area contributed by atoms with Crippen molar-refractivity contribution in [2.75, 3.05) is 0 Å². The van der Waals surface area contributed by atoms with Crippen LogP contribution in [-0.2, 0) is 0 Å². The van der Waals surface area contributed by atoms with Gasteiger partial charge >= 0.3 is 0 Å². The van der Waals surface area contributed by atoms with E-state index in [1.807, 2.05) is 0 Å². The van der Waals surface area contributed by atoms with E-state index >= 15 is 0 Å². The van der Waals surface area contributed by atoms with Crippen molar-refractivity contribution in [2.45, 2.75) is 5.03 Å². The molecule has 1 rings (SSSR count). The van der Waals surface area contributed by atoms with E-state index in [2.05, 4.69) is 17.7 Å². The summed E-state index contributed by atoms with van der Waals surface area (Å²) in [5.41, 5.74) is 0. The van der Waals surface area contributed by atoms with Crippen molar-refractivity contribution in [3.05, 3.63) is 23.5 Å². The molecule has 1 aromatic rings. The van der Waals surface area contributed by atoms with Crippen LogP contribution in [0.25, 0.3) is 0 Å². The molecule has 0 spiro atoms. The van der Waals surface area contributed by atoms with Crippen molar-refractivity contribution < 1.29 is 4.85 Å². The van der Waals surface area contributed by atoms with E-state index in [1.54, 1.807) is 12.1 Å². The van der Waals surface area contributed by atoms with Crippen molar-refractivity contribution >= 4 is 12.6 Å². The number of hydrogen-bond acceptors (Lipinski definition) is 3. The monoisotopic (exact) mass is 128 g/mol. The summed E-state index contributed by atoms with van der Waals surface area (Å²) in [4.78, 5) is 0.448. The zero-order valence-electron chi connectivity index (χ0n) is 3.98. The molecule has 3 nitrogen and oxygen atoms in total. The minimum absolute atomic E-state index is 0.313. The average Bonchev–Trinajstić information content (AvgIpc) is 1.77. The van der Waals surface area contributed by atoms with Gasteiger partial charge in [0.1, 0.15) is 0 Å². The Balaban J connectivity index is 3.13. The summed E-state index contributed by atoms with van der Waals surface area (Å²) in [5.74, 6) is 0. The Morgan fingerprint density at radius 1 is 1.75 bits per heavy atom. The summed E-state index contributed by atoms with van der Waals surface area (Å²) in [7, 11) is 0. The molecule has 1 aromatic heterocycles. The van der Waals surface area contributed by atoms with Crippen molar-refractivity contribution in [3.8, 4) is 0 Å². The third-order valence-corrected chi connectivity index (χ3v) is 1.02. The molecule has 0 aliphatic rings. The molecule has 0 aliphatic carbocycles. The van der Waals surface area contributed by atoms with Gasteiger partial charge in [-0.15, -0.1) is 0 Å². The van der Waals surface area contributed by atoms with Crippen molar-refractivity contribution in [2.24, 2.45) is 0 Å². The number of hydrogen-bond donors (Lipinski definition) is 1. The molecule has 0 aliphatic heterocycles. The minimum atomic E-state index is 0.313. The summed E-state index contributed by atoms with van der Waals surface area (Å²) < 4.78 is 0. The van der Waals surface area contributed by atoms with E-state index in [0.717, 1.165) is 0 Å². The summed E-state index contributed by atoms with van der Waals surface area (Å²) in [6.07, 6.45) is 1.41. The van der Waals surface area contributed by atoms with Crippen molar-refractivity contribution in [1.29, 1.82) is 0 Å². The van der Waals surface area contributed by atoms with E-state index in [0.29, 0.717) is 9.87 Å². The molecule has 0 bridgehead atoms. The van der Waals surface area contributed by atoms with Crippen LogP contribution >= 0.6 is 12.6 Å². The molecule has 0 fully saturated rings. The number of rotatable bonds is 0. The number of nitrogens with zero attached hydrogens (tertiary/aromatic N) is 2. The first-order chi connectivity index (χ1) is 3.80. The number of aromatic nitrogens is 2. The van der Waals surface area contributed by atoms with E-state index in [1.165, 1.54) is 6.20 Å². The van der Waals surface area contributed by atoms with E-state index in [4.69, 9.17) is 0 Å². The lowest BCUT2D eigenvalue weighted by molar-refractivity contribution is -0.706.